The summed E-state index contributed by atoms with van der Waals surface area (Å²) in [7, 11) is 0. The molecule has 0 spiro atoms. The van der Waals surface area contributed by atoms with Crippen molar-refractivity contribution in [3.63, 3.8) is 0 Å². The number of hydrogen-bond acceptors (Lipinski definition) is 4. The number of benzene rings is 2. The molecule has 2 atom stereocenters. The zero-order valence-electron chi connectivity index (χ0n) is 11.5. The van der Waals surface area contributed by atoms with Gasteiger partial charge in [-0.3, -0.25) is 0 Å². The van der Waals surface area contributed by atoms with E-state index in [1.54, 1.807) is 0 Å². The van der Waals surface area contributed by atoms with Crippen LogP contribution in [0, 0.1) is 0 Å². The fourth-order valence-electron chi connectivity index (χ4n) is 2.17. The number of rotatable bonds is 4. The average Bonchev–Trinajstić information content (AvgIpc) is 2.87. The van der Waals surface area contributed by atoms with Crippen molar-refractivity contribution in [2.24, 2.45) is 5.73 Å². The fourth-order valence-corrected chi connectivity index (χ4v) is 3.37. The number of nitrogens with two attached hydrogens (primary N) is 1. The first-order valence-corrected chi connectivity index (χ1v) is 7.92. The summed E-state index contributed by atoms with van der Waals surface area (Å²) in [5.41, 5.74) is 8.84. The minimum absolute atomic E-state index is 0.0387. The standard InChI is InChI=1S/C16H15ClN2OS/c1-10(18)15(11-5-4-6-12(17)9-11)21-16-19-13-7-2-3-8-14(13)20-16/h2-10,15H,18H2,1H3. The smallest absolute Gasteiger partial charge is 0.257 e. The van der Waals surface area contributed by atoms with E-state index in [0.29, 0.717) is 10.2 Å². The van der Waals surface area contributed by atoms with Crippen LogP contribution in [-0.4, -0.2) is 11.0 Å². The van der Waals surface area contributed by atoms with Gasteiger partial charge in [0, 0.05) is 11.1 Å². The summed E-state index contributed by atoms with van der Waals surface area (Å²) in [5.74, 6) is 0. The second kappa shape index (κ2) is 6.10. The summed E-state index contributed by atoms with van der Waals surface area (Å²) >= 11 is 7.59. The lowest BCUT2D eigenvalue weighted by molar-refractivity contribution is 0.487. The summed E-state index contributed by atoms with van der Waals surface area (Å²) in [5, 5.41) is 1.37. The molecule has 2 unspecified atom stereocenters. The van der Waals surface area contributed by atoms with E-state index in [9.17, 15) is 0 Å². The van der Waals surface area contributed by atoms with E-state index in [2.05, 4.69) is 4.98 Å². The average molecular weight is 319 g/mol. The topological polar surface area (TPSA) is 52.0 Å². The Kier molecular flexibility index (Phi) is 4.19. The maximum atomic E-state index is 6.13. The van der Waals surface area contributed by atoms with Crippen molar-refractivity contribution in [2.45, 2.75) is 23.4 Å². The largest absolute Gasteiger partial charge is 0.431 e. The second-order valence-electron chi connectivity index (χ2n) is 4.90. The molecule has 0 aliphatic heterocycles. The number of para-hydroxylation sites is 2. The number of nitrogens with zero attached hydrogens (tertiary/aromatic N) is 1. The third-order valence-electron chi connectivity index (χ3n) is 3.16. The molecular weight excluding hydrogens is 304 g/mol. The van der Waals surface area contributed by atoms with Crippen LogP contribution < -0.4 is 5.73 Å². The van der Waals surface area contributed by atoms with Gasteiger partial charge in [-0.1, -0.05) is 47.6 Å². The van der Waals surface area contributed by atoms with Gasteiger partial charge >= 0.3 is 0 Å². The molecule has 3 rings (SSSR count). The van der Waals surface area contributed by atoms with Crippen LogP contribution in [0.25, 0.3) is 11.1 Å². The second-order valence-corrected chi connectivity index (χ2v) is 6.43. The van der Waals surface area contributed by atoms with Crippen LogP contribution in [0.4, 0.5) is 0 Å². The third kappa shape index (κ3) is 3.23. The van der Waals surface area contributed by atoms with Gasteiger partial charge in [-0.05, 0) is 36.8 Å². The molecule has 1 aromatic heterocycles. The Morgan fingerprint density at radius 3 is 2.71 bits per heavy atom. The molecule has 0 saturated carbocycles. The first kappa shape index (κ1) is 14.4. The molecule has 21 heavy (non-hydrogen) atoms. The summed E-state index contributed by atoms with van der Waals surface area (Å²) < 4.78 is 5.76. The number of halogens is 1. The summed E-state index contributed by atoms with van der Waals surface area (Å²) in [4.78, 5) is 4.49. The quantitative estimate of drug-likeness (QED) is 0.711. The molecule has 108 valence electrons. The molecule has 0 fully saturated rings. The van der Waals surface area contributed by atoms with Gasteiger partial charge in [-0.15, -0.1) is 0 Å². The molecule has 0 amide bonds. The van der Waals surface area contributed by atoms with Crippen molar-refractivity contribution < 1.29 is 4.42 Å². The van der Waals surface area contributed by atoms with Crippen LogP contribution in [0.15, 0.2) is 58.2 Å². The summed E-state index contributed by atoms with van der Waals surface area (Å²) in [6.07, 6.45) is 0. The Morgan fingerprint density at radius 2 is 2.00 bits per heavy atom. The number of aromatic nitrogens is 1. The van der Waals surface area contributed by atoms with Crippen LogP contribution in [-0.2, 0) is 0 Å². The van der Waals surface area contributed by atoms with Gasteiger partial charge < -0.3 is 10.2 Å². The molecule has 3 nitrogen and oxygen atoms in total. The Hall–Kier alpha value is -1.49. The lowest BCUT2D eigenvalue weighted by Gasteiger charge is -2.19. The van der Waals surface area contributed by atoms with Gasteiger partial charge in [0.15, 0.2) is 5.58 Å². The first-order chi connectivity index (χ1) is 10.1. The van der Waals surface area contributed by atoms with E-state index in [1.165, 1.54) is 11.8 Å². The summed E-state index contributed by atoms with van der Waals surface area (Å²) in [6.45, 7) is 1.97. The molecule has 0 aliphatic carbocycles. The number of hydrogen-bond donors (Lipinski definition) is 1. The first-order valence-electron chi connectivity index (χ1n) is 6.67. The van der Waals surface area contributed by atoms with Gasteiger partial charge in [-0.2, -0.15) is 0 Å². The van der Waals surface area contributed by atoms with E-state index < -0.39 is 0 Å². The molecule has 2 aromatic carbocycles. The van der Waals surface area contributed by atoms with E-state index in [4.69, 9.17) is 21.8 Å². The molecule has 2 N–H and O–H groups in total. The van der Waals surface area contributed by atoms with Crippen LogP contribution >= 0.6 is 23.4 Å². The normalized spacial score (nSPS) is 14.2. The zero-order chi connectivity index (χ0) is 14.8. The van der Waals surface area contributed by atoms with Gasteiger partial charge in [-0.25, -0.2) is 4.98 Å². The Morgan fingerprint density at radius 1 is 1.19 bits per heavy atom. The maximum absolute atomic E-state index is 6.13. The van der Waals surface area contributed by atoms with Crippen LogP contribution in [0.3, 0.4) is 0 Å². The van der Waals surface area contributed by atoms with E-state index >= 15 is 0 Å². The van der Waals surface area contributed by atoms with Crippen molar-refractivity contribution in [1.82, 2.24) is 4.98 Å². The molecule has 1 heterocycles. The molecule has 0 radical (unpaired) electrons. The monoisotopic (exact) mass is 318 g/mol. The number of thioether (sulfide) groups is 1. The highest BCUT2D eigenvalue weighted by Crippen LogP contribution is 2.38. The highest BCUT2D eigenvalue weighted by Gasteiger charge is 2.21. The van der Waals surface area contributed by atoms with E-state index in [-0.39, 0.29) is 11.3 Å². The molecule has 5 heteroatoms. The predicted octanol–water partition coefficient (Wildman–Crippen LogP) is 4.66. The van der Waals surface area contributed by atoms with Crippen molar-refractivity contribution in [3.05, 3.63) is 59.1 Å². The fraction of sp³-hybridized carbons (Fsp3) is 0.188. The van der Waals surface area contributed by atoms with Crippen LogP contribution in [0.5, 0.6) is 0 Å². The summed E-state index contributed by atoms with van der Waals surface area (Å²) in [6, 6.07) is 15.4. The zero-order valence-corrected chi connectivity index (χ0v) is 13.1. The predicted molar refractivity (Wildman–Crippen MR) is 87.7 cm³/mol. The molecule has 3 aromatic rings. The van der Waals surface area contributed by atoms with Crippen LogP contribution in [0.2, 0.25) is 5.02 Å². The highest BCUT2D eigenvalue weighted by molar-refractivity contribution is 7.99. The van der Waals surface area contributed by atoms with Gasteiger partial charge in [0.1, 0.15) is 5.52 Å². The third-order valence-corrected chi connectivity index (χ3v) is 4.72. The minimum atomic E-state index is -0.0523. The lowest BCUT2D eigenvalue weighted by atomic mass is 10.1. The number of fused-ring (bicyclic) bond motifs is 1. The molecule has 0 bridgehead atoms. The lowest BCUT2D eigenvalue weighted by Crippen LogP contribution is -2.22. The van der Waals surface area contributed by atoms with Gasteiger partial charge in [0.25, 0.3) is 5.22 Å². The van der Waals surface area contributed by atoms with Gasteiger partial charge in [0.05, 0.1) is 5.25 Å². The minimum Gasteiger partial charge on any atom is -0.431 e. The number of oxazole rings is 1. The molecular formula is C16H15ClN2OS. The van der Waals surface area contributed by atoms with Crippen molar-refractivity contribution >= 4 is 34.5 Å². The van der Waals surface area contributed by atoms with Crippen molar-refractivity contribution in [1.29, 1.82) is 0 Å². The SMILES string of the molecule is CC(N)C(Sc1nc2ccccc2o1)c1cccc(Cl)c1. The molecule has 0 aliphatic rings. The Labute approximate surface area is 132 Å². The van der Waals surface area contributed by atoms with Crippen molar-refractivity contribution in [3.8, 4) is 0 Å². The molecule has 0 saturated heterocycles. The Balaban J connectivity index is 1.91. The van der Waals surface area contributed by atoms with Crippen molar-refractivity contribution in [2.75, 3.05) is 0 Å². The van der Waals surface area contributed by atoms with Crippen LogP contribution in [0.1, 0.15) is 17.7 Å². The van der Waals surface area contributed by atoms with E-state index in [1.807, 2.05) is 55.5 Å². The van der Waals surface area contributed by atoms with E-state index in [0.717, 1.165) is 16.7 Å². The highest BCUT2D eigenvalue weighted by atomic mass is 35.5. The van der Waals surface area contributed by atoms with Gasteiger partial charge in [0.2, 0.25) is 0 Å². The maximum Gasteiger partial charge on any atom is 0.257 e. The Bertz CT molecular complexity index is 724.